The van der Waals surface area contributed by atoms with Crippen LogP contribution in [0, 0.1) is 0 Å². The topological polar surface area (TPSA) is 34.5 Å². The second-order valence-electron chi connectivity index (χ2n) is 17.5. The van der Waals surface area contributed by atoms with E-state index < -0.39 is 0 Å². The highest BCUT2D eigenvalue weighted by Gasteiger charge is 2.46. The molecule has 0 saturated carbocycles. The van der Waals surface area contributed by atoms with Crippen LogP contribution in [0.2, 0.25) is 0 Å². The van der Waals surface area contributed by atoms with E-state index in [-0.39, 0.29) is 6.85 Å². The number of benzene rings is 10. The summed E-state index contributed by atoms with van der Waals surface area (Å²) in [5.41, 5.74) is 21.2. The average Bonchev–Trinajstić information content (AvgIpc) is 4.06. The van der Waals surface area contributed by atoms with E-state index in [4.69, 9.17) is 8.83 Å². The molecule has 3 aromatic heterocycles. The minimum atomic E-state index is -0.247. The van der Waals surface area contributed by atoms with Gasteiger partial charge in [-0.1, -0.05) is 152 Å². The Morgan fingerprint density at radius 1 is 0.400 bits per heavy atom. The van der Waals surface area contributed by atoms with E-state index in [0.29, 0.717) is 0 Å². The van der Waals surface area contributed by atoms with Crippen molar-refractivity contribution in [3.05, 3.63) is 212 Å². The third-order valence-corrected chi connectivity index (χ3v) is 14.1. The predicted octanol–water partition coefficient (Wildman–Crippen LogP) is 14.8. The molecule has 0 spiro atoms. The first-order chi connectivity index (χ1) is 32.2. The Bertz CT molecular complexity index is 4110. The van der Waals surface area contributed by atoms with Crippen molar-refractivity contribution >= 4 is 94.8 Å². The van der Waals surface area contributed by atoms with E-state index in [1.54, 1.807) is 0 Å². The molecule has 5 heterocycles. The SMILES string of the molecule is c1ccc(-c2ccc(N3B4c5c(cc6c(oc7ccccc76)c5-c5ccc6oc7ccccc7c6c53)-n3c5ccc(-c6ccccc6)cc5c5cc(-c6ccccc6)cc4c53)cc2)cc1. The van der Waals surface area contributed by atoms with Gasteiger partial charge in [-0.3, -0.25) is 0 Å². The highest BCUT2D eigenvalue weighted by molar-refractivity contribution is 6.94. The first-order valence-corrected chi connectivity index (χ1v) is 22.4. The molecule has 2 aliphatic rings. The number of aromatic nitrogens is 1. The molecule has 0 amide bonds. The summed E-state index contributed by atoms with van der Waals surface area (Å²) in [5, 5.41) is 6.86. The number of fused-ring (bicyclic) bond motifs is 15. The van der Waals surface area contributed by atoms with Crippen LogP contribution in [0.1, 0.15) is 0 Å². The molecular formula is C60H35BN2O2. The van der Waals surface area contributed by atoms with Crippen LogP contribution in [0.3, 0.4) is 0 Å². The number of hydrogen-bond donors (Lipinski definition) is 0. The van der Waals surface area contributed by atoms with Gasteiger partial charge in [-0.25, -0.2) is 0 Å². The van der Waals surface area contributed by atoms with Crippen molar-refractivity contribution in [3.63, 3.8) is 0 Å². The normalized spacial score (nSPS) is 12.9. The highest BCUT2D eigenvalue weighted by Crippen LogP contribution is 2.52. The standard InChI is InChI=1S/C60H35BN2O2/c1-4-14-36(15-5-1)39-24-27-42(28-25-39)63-59-45(29-31-54-55(59)44-21-11-13-23-53(44)64-54)56-57-51(35-48-43-20-10-12-22-52(43)65-60(48)56)62-50-30-26-40(37-16-6-2-7-17-37)32-46(50)47-33-41(38-18-8-3-9-19-38)34-49(58(47)62)61(57)63/h1-35H. The lowest BCUT2D eigenvalue weighted by atomic mass is 9.43. The maximum absolute atomic E-state index is 7.10. The molecule has 0 radical (unpaired) electrons. The van der Waals surface area contributed by atoms with Crippen molar-refractivity contribution in [1.82, 2.24) is 4.57 Å². The van der Waals surface area contributed by atoms with Crippen LogP contribution >= 0.6 is 0 Å². The Hall–Kier alpha value is -8.54. The van der Waals surface area contributed by atoms with E-state index in [1.165, 1.54) is 71.8 Å². The molecule has 0 unspecified atom stereocenters. The molecule has 10 aromatic carbocycles. The average molecular weight is 827 g/mol. The summed E-state index contributed by atoms with van der Waals surface area (Å²) in [6, 6.07) is 77.2. The largest absolute Gasteiger partial charge is 0.456 e. The molecule has 0 aliphatic carbocycles. The van der Waals surface area contributed by atoms with Gasteiger partial charge >= 0.3 is 6.85 Å². The highest BCUT2D eigenvalue weighted by atomic mass is 16.3. The number of furan rings is 2. The van der Waals surface area contributed by atoms with Crippen molar-refractivity contribution in [3.8, 4) is 50.2 Å². The number of anilines is 2. The van der Waals surface area contributed by atoms with E-state index in [2.05, 4.69) is 222 Å². The number of hydrogen-bond acceptors (Lipinski definition) is 3. The first kappa shape index (κ1) is 35.0. The number of para-hydroxylation sites is 2. The van der Waals surface area contributed by atoms with Crippen LogP contribution < -0.4 is 15.7 Å². The Kier molecular flexibility index (Phi) is 7.00. The quantitative estimate of drug-likeness (QED) is 0.166. The molecular weight excluding hydrogens is 791 g/mol. The molecule has 300 valence electrons. The van der Waals surface area contributed by atoms with Gasteiger partial charge in [-0.15, -0.1) is 0 Å². The third-order valence-electron chi connectivity index (χ3n) is 14.1. The second kappa shape index (κ2) is 13.0. The first-order valence-electron chi connectivity index (χ1n) is 22.4. The Morgan fingerprint density at radius 2 is 1.00 bits per heavy atom. The zero-order valence-corrected chi connectivity index (χ0v) is 35.0. The Labute approximate surface area is 373 Å². The van der Waals surface area contributed by atoms with Gasteiger partial charge in [0.05, 0.1) is 16.4 Å². The molecule has 4 nitrogen and oxygen atoms in total. The zero-order valence-electron chi connectivity index (χ0n) is 35.0. The molecule has 15 rings (SSSR count). The molecule has 13 aromatic rings. The lowest BCUT2D eigenvalue weighted by molar-refractivity contribution is 0.668. The number of nitrogens with zero attached hydrogens (tertiary/aromatic N) is 2. The lowest BCUT2D eigenvalue weighted by Gasteiger charge is -2.42. The van der Waals surface area contributed by atoms with Crippen molar-refractivity contribution in [2.75, 3.05) is 4.81 Å². The molecule has 0 saturated heterocycles. The zero-order chi connectivity index (χ0) is 42.3. The van der Waals surface area contributed by atoms with Crippen molar-refractivity contribution in [2.24, 2.45) is 0 Å². The minimum Gasteiger partial charge on any atom is -0.456 e. The van der Waals surface area contributed by atoms with E-state index in [1.807, 2.05) is 0 Å². The summed E-state index contributed by atoms with van der Waals surface area (Å²) >= 11 is 0. The molecule has 0 N–H and O–H groups in total. The van der Waals surface area contributed by atoms with Gasteiger partial charge in [0.2, 0.25) is 0 Å². The molecule has 0 atom stereocenters. The fraction of sp³-hybridized carbons (Fsp3) is 0. The van der Waals surface area contributed by atoms with E-state index >= 15 is 0 Å². The maximum atomic E-state index is 7.10. The van der Waals surface area contributed by atoms with Crippen LogP contribution in [-0.4, -0.2) is 11.4 Å². The van der Waals surface area contributed by atoms with Gasteiger partial charge < -0.3 is 18.2 Å². The van der Waals surface area contributed by atoms with Gasteiger partial charge in [0.1, 0.15) is 22.3 Å². The maximum Gasteiger partial charge on any atom is 0.333 e. The monoisotopic (exact) mass is 826 g/mol. The van der Waals surface area contributed by atoms with Gasteiger partial charge in [0.25, 0.3) is 0 Å². The summed E-state index contributed by atoms with van der Waals surface area (Å²) in [4.78, 5) is 2.62. The second-order valence-corrected chi connectivity index (χ2v) is 17.5. The smallest absolute Gasteiger partial charge is 0.333 e. The van der Waals surface area contributed by atoms with Gasteiger partial charge in [0.15, 0.2) is 0 Å². The summed E-state index contributed by atoms with van der Waals surface area (Å²) in [7, 11) is 0. The molecule has 2 aliphatic heterocycles. The lowest BCUT2D eigenvalue weighted by Crippen LogP contribution is -2.60. The summed E-state index contributed by atoms with van der Waals surface area (Å²) in [6.45, 7) is -0.247. The van der Waals surface area contributed by atoms with Crippen LogP contribution in [0.25, 0.3) is 116 Å². The Balaban J connectivity index is 1.14. The number of rotatable bonds is 4. The van der Waals surface area contributed by atoms with Crippen LogP contribution in [-0.2, 0) is 0 Å². The van der Waals surface area contributed by atoms with Gasteiger partial charge in [0, 0.05) is 55.1 Å². The van der Waals surface area contributed by atoms with Crippen LogP contribution in [0.4, 0.5) is 11.4 Å². The van der Waals surface area contributed by atoms with E-state index in [0.717, 1.165) is 66.4 Å². The fourth-order valence-corrected chi connectivity index (χ4v) is 11.4. The fourth-order valence-electron chi connectivity index (χ4n) is 11.4. The van der Waals surface area contributed by atoms with Crippen molar-refractivity contribution in [2.45, 2.75) is 0 Å². The molecule has 0 bridgehead atoms. The van der Waals surface area contributed by atoms with Crippen molar-refractivity contribution < 1.29 is 8.83 Å². The van der Waals surface area contributed by atoms with Crippen LogP contribution in [0.15, 0.2) is 221 Å². The minimum absolute atomic E-state index is 0.247. The van der Waals surface area contributed by atoms with Gasteiger partial charge in [-0.05, 0) is 105 Å². The van der Waals surface area contributed by atoms with Crippen LogP contribution in [0.5, 0.6) is 0 Å². The summed E-state index contributed by atoms with van der Waals surface area (Å²) in [5.74, 6) is 0. The third kappa shape index (κ3) is 4.81. The summed E-state index contributed by atoms with van der Waals surface area (Å²) < 4.78 is 16.4. The van der Waals surface area contributed by atoms with Gasteiger partial charge in [-0.2, -0.15) is 0 Å². The summed E-state index contributed by atoms with van der Waals surface area (Å²) in [6.07, 6.45) is 0. The molecule has 0 fully saturated rings. The van der Waals surface area contributed by atoms with E-state index in [9.17, 15) is 0 Å². The van der Waals surface area contributed by atoms with Crippen molar-refractivity contribution in [1.29, 1.82) is 0 Å². The molecule has 5 heteroatoms. The predicted molar refractivity (Wildman–Crippen MR) is 271 cm³/mol. The molecule has 65 heavy (non-hydrogen) atoms. The Morgan fingerprint density at radius 3 is 1.74 bits per heavy atom.